The van der Waals surface area contributed by atoms with Crippen molar-refractivity contribution in [3.05, 3.63) is 35.9 Å². The number of benzene rings is 1. The molecule has 3 N–H and O–H groups in total. The SMILES string of the molecule is N=C=O.N=C=O.O=[PH3].OCc1ccccc1. The first-order chi connectivity index (χ1) is 7.76. The van der Waals surface area contributed by atoms with Gasteiger partial charge in [-0.3, -0.25) is 0 Å². The Labute approximate surface area is 94.6 Å². The first-order valence-corrected chi connectivity index (χ1v) is 4.35. The van der Waals surface area contributed by atoms with Crippen molar-refractivity contribution in [2.45, 2.75) is 6.61 Å². The Morgan fingerprint density at radius 1 is 1.06 bits per heavy atom. The smallest absolute Gasteiger partial charge is 0.231 e. The summed E-state index contributed by atoms with van der Waals surface area (Å²) in [5.41, 5.74) is 0.965. The minimum absolute atomic E-state index is 0.140. The van der Waals surface area contributed by atoms with Crippen molar-refractivity contribution >= 4 is 21.3 Å². The molecule has 0 aliphatic heterocycles. The number of hydrogen-bond acceptors (Lipinski definition) is 6. The molecule has 0 saturated carbocycles. The third kappa shape index (κ3) is 22.7. The molecule has 7 heteroatoms. The molecule has 88 valence electrons. The quantitative estimate of drug-likeness (QED) is 0.386. The maximum absolute atomic E-state index is 8.54. The molecule has 0 heterocycles. The molecule has 0 bridgehead atoms. The van der Waals surface area contributed by atoms with Crippen LogP contribution in [0.1, 0.15) is 5.56 Å². The predicted octanol–water partition coefficient (Wildman–Crippen LogP) is 0.920. The molecule has 0 aromatic heterocycles. The van der Waals surface area contributed by atoms with Gasteiger partial charge in [0.25, 0.3) is 0 Å². The second kappa shape index (κ2) is 23.2. The lowest BCUT2D eigenvalue weighted by Gasteiger charge is -1.89. The van der Waals surface area contributed by atoms with Gasteiger partial charge in [0.1, 0.15) is 0 Å². The summed E-state index contributed by atoms with van der Waals surface area (Å²) in [6, 6.07) is 9.52. The Balaban J connectivity index is -0.000000179. The number of isocyanates is 2. The lowest BCUT2D eigenvalue weighted by Crippen LogP contribution is -1.77. The number of rotatable bonds is 1. The summed E-state index contributed by atoms with van der Waals surface area (Å²) in [5, 5.41) is 19.3. The highest BCUT2D eigenvalue weighted by atomic mass is 31.0. The van der Waals surface area contributed by atoms with Gasteiger partial charge in [-0.2, -0.15) is 0 Å². The fourth-order valence-corrected chi connectivity index (χ4v) is 0.583. The van der Waals surface area contributed by atoms with E-state index in [4.69, 9.17) is 30.1 Å². The Bertz CT molecular complexity index is 295. The molecule has 1 rings (SSSR count). The summed E-state index contributed by atoms with van der Waals surface area (Å²) in [6.45, 7) is 0.140. The topological polar surface area (TPSA) is 119 Å². The standard InChI is InChI=1S/C7H8O.2CHNO.H3OP/c8-6-7-4-2-1-3-5-7;2*2-1-3;1-2/h1-5,8H,6H2;2*2H;2H3. The summed E-state index contributed by atoms with van der Waals surface area (Å²) in [5.74, 6) is 0. The van der Waals surface area contributed by atoms with Gasteiger partial charge in [0, 0.05) is 0 Å². The van der Waals surface area contributed by atoms with Gasteiger partial charge in [0.15, 0.2) is 0 Å². The molecule has 16 heavy (non-hydrogen) atoms. The van der Waals surface area contributed by atoms with Gasteiger partial charge in [0.2, 0.25) is 12.2 Å². The molecular formula is C9H13N2O4P. The molecule has 0 aliphatic carbocycles. The minimum atomic E-state index is 0.140. The summed E-state index contributed by atoms with van der Waals surface area (Å²) in [4.78, 5) is 16.7. The van der Waals surface area contributed by atoms with Crippen molar-refractivity contribution in [1.82, 2.24) is 0 Å². The maximum Gasteiger partial charge on any atom is 0.231 e. The van der Waals surface area contributed by atoms with Crippen LogP contribution in [-0.2, 0) is 20.8 Å². The van der Waals surface area contributed by atoms with E-state index in [1.807, 2.05) is 30.3 Å². The van der Waals surface area contributed by atoms with Crippen LogP contribution in [0.5, 0.6) is 0 Å². The minimum Gasteiger partial charge on any atom is -0.392 e. The Hall–Kier alpha value is -1.83. The van der Waals surface area contributed by atoms with Gasteiger partial charge in [-0.25, -0.2) is 20.4 Å². The highest BCUT2D eigenvalue weighted by molar-refractivity contribution is 7.00. The van der Waals surface area contributed by atoms with Crippen LogP contribution in [0.4, 0.5) is 0 Å². The van der Waals surface area contributed by atoms with Crippen molar-refractivity contribution in [1.29, 1.82) is 10.8 Å². The zero-order valence-electron chi connectivity index (χ0n) is 8.47. The molecule has 0 saturated heterocycles. The van der Waals surface area contributed by atoms with Crippen LogP contribution in [-0.4, -0.2) is 17.3 Å². The fourth-order valence-electron chi connectivity index (χ4n) is 0.583. The Morgan fingerprint density at radius 2 is 1.38 bits per heavy atom. The lowest BCUT2D eigenvalue weighted by molar-refractivity contribution is 0.282. The van der Waals surface area contributed by atoms with Crippen molar-refractivity contribution in [2.24, 2.45) is 0 Å². The number of nitrogens with one attached hydrogen (secondary N) is 2. The third-order valence-corrected chi connectivity index (χ3v) is 1.03. The van der Waals surface area contributed by atoms with Gasteiger partial charge in [-0.05, 0) is 5.56 Å². The van der Waals surface area contributed by atoms with Gasteiger partial charge < -0.3 is 9.67 Å². The molecule has 0 spiro atoms. The van der Waals surface area contributed by atoms with Crippen LogP contribution < -0.4 is 0 Å². The molecule has 1 aromatic rings. The molecular weight excluding hydrogens is 231 g/mol. The number of aliphatic hydroxyl groups is 1. The van der Waals surface area contributed by atoms with E-state index in [2.05, 4.69) is 0 Å². The van der Waals surface area contributed by atoms with Crippen molar-refractivity contribution in [3.8, 4) is 0 Å². The molecule has 0 fully saturated rings. The van der Waals surface area contributed by atoms with E-state index in [0.717, 1.165) is 17.7 Å². The average Bonchev–Trinajstić information content (AvgIpc) is 2.35. The van der Waals surface area contributed by atoms with E-state index in [9.17, 15) is 0 Å². The second-order valence-electron chi connectivity index (χ2n) is 1.85. The second-order valence-corrected chi connectivity index (χ2v) is 1.85. The van der Waals surface area contributed by atoms with Crippen molar-refractivity contribution in [2.75, 3.05) is 0 Å². The predicted molar refractivity (Wildman–Crippen MR) is 61.0 cm³/mol. The monoisotopic (exact) mass is 244 g/mol. The summed E-state index contributed by atoms with van der Waals surface area (Å²) < 4.78 is 8.28. The summed E-state index contributed by atoms with van der Waals surface area (Å²) in [7, 11) is 0.611. The van der Waals surface area contributed by atoms with Crippen molar-refractivity contribution in [3.63, 3.8) is 0 Å². The number of carbonyl (C=O) groups excluding carboxylic acids is 2. The summed E-state index contributed by atoms with van der Waals surface area (Å²) in [6.07, 6.45) is 1.50. The number of hydrogen-bond donors (Lipinski definition) is 3. The zero-order valence-corrected chi connectivity index (χ0v) is 9.89. The highest BCUT2D eigenvalue weighted by Crippen LogP contribution is 1.95. The molecule has 6 nitrogen and oxygen atoms in total. The first kappa shape index (κ1) is 19.7. The molecule has 0 amide bonds. The highest BCUT2D eigenvalue weighted by Gasteiger charge is 1.81. The van der Waals surface area contributed by atoms with Crippen molar-refractivity contribution < 1.29 is 19.3 Å². The van der Waals surface area contributed by atoms with Crippen LogP contribution in [0.25, 0.3) is 0 Å². The third-order valence-electron chi connectivity index (χ3n) is 1.03. The maximum atomic E-state index is 8.54. The van der Waals surface area contributed by atoms with E-state index < -0.39 is 0 Å². The zero-order chi connectivity index (χ0) is 13.2. The molecule has 0 radical (unpaired) electrons. The lowest BCUT2D eigenvalue weighted by atomic mass is 10.2. The fraction of sp³-hybridized carbons (Fsp3) is 0.111. The van der Waals surface area contributed by atoms with Gasteiger partial charge in [0.05, 0.1) is 15.7 Å². The van der Waals surface area contributed by atoms with Gasteiger partial charge in [-0.1, -0.05) is 30.3 Å². The van der Waals surface area contributed by atoms with E-state index in [0.29, 0.717) is 9.12 Å². The summed E-state index contributed by atoms with van der Waals surface area (Å²) >= 11 is 0. The molecule has 1 atom stereocenters. The Morgan fingerprint density at radius 3 is 1.56 bits per heavy atom. The van der Waals surface area contributed by atoms with E-state index in [1.54, 1.807) is 0 Å². The van der Waals surface area contributed by atoms with Crippen LogP contribution in [0.15, 0.2) is 30.3 Å². The van der Waals surface area contributed by atoms with Gasteiger partial charge in [-0.15, -0.1) is 0 Å². The van der Waals surface area contributed by atoms with Crippen LogP contribution in [0, 0.1) is 10.8 Å². The largest absolute Gasteiger partial charge is 0.392 e. The number of aliphatic hydroxyl groups excluding tert-OH is 1. The van der Waals surface area contributed by atoms with E-state index >= 15 is 0 Å². The first-order valence-electron chi connectivity index (χ1n) is 3.78. The van der Waals surface area contributed by atoms with Gasteiger partial charge >= 0.3 is 0 Å². The van der Waals surface area contributed by atoms with E-state index in [-0.39, 0.29) is 6.61 Å². The molecule has 1 unspecified atom stereocenters. The molecule has 0 aliphatic rings. The normalized spacial score (nSPS) is 6.06. The Kier molecular flexibility index (Phi) is 28.6. The van der Waals surface area contributed by atoms with Crippen LogP contribution >= 0.6 is 9.12 Å². The van der Waals surface area contributed by atoms with Crippen LogP contribution in [0.2, 0.25) is 0 Å². The average molecular weight is 244 g/mol. The van der Waals surface area contributed by atoms with E-state index in [1.165, 1.54) is 0 Å². The van der Waals surface area contributed by atoms with Crippen LogP contribution in [0.3, 0.4) is 0 Å². The molecule has 1 aromatic carbocycles.